The molecule has 0 radical (unpaired) electrons. The second-order valence-corrected chi connectivity index (χ2v) is 5.66. The van der Waals surface area contributed by atoms with E-state index in [2.05, 4.69) is 38.1 Å². The molecule has 1 N–H and O–H groups in total. The molecule has 0 saturated carbocycles. The van der Waals surface area contributed by atoms with Crippen LogP contribution in [0.4, 0.5) is 0 Å². The van der Waals surface area contributed by atoms with Crippen LogP contribution in [0.25, 0.3) is 0 Å². The van der Waals surface area contributed by atoms with Gasteiger partial charge in [-0.15, -0.1) is 0 Å². The van der Waals surface area contributed by atoms with Gasteiger partial charge >= 0.3 is 5.97 Å². The fraction of sp³-hybridized carbons (Fsp3) is 0.471. The lowest BCUT2D eigenvalue weighted by Gasteiger charge is -2.20. The Morgan fingerprint density at radius 3 is 2.65 bits per heavy atom. The molecule has 1 aromatic carbocycles. The fourth-order valence-corrected chi connectivity index (χ4v) is 1.83. The van der Waals surface area contributed by atoms with Crippen molar-refractivity contribution in [1.82, 2.24) is 0 Å². The number of aliphatic carboxylic acids is 1. The number of benzene rings is 1. The van der Waals surface area contributed by atoms with E-state index < -0.39 is 5.97 Å². The van der Waals surface area contributed by atoms with Gasteiger partial charge in [0.15, 0.2) is 0 Å². The van der Waals surface area contributed by atoms with E-state index in [1.807, 2.05) is 18.2 Å². The molecule has 0 amide bonds. The van der Waals surface area contributed by atoms with Crippen LogP contribution >= 0.6 is 0 Å². The molecule has 3 nitrogen and oxygen atoms in total. The standard InChI is InChI=1S/C17H24O3/c1-17(2,12-8-4-7-11-16(18)19)14-20-13-15-9-5-3-6-10-15/h3,5-6,8-10,12H,4,7,11,13-14H2,1-2H3,(H,18,19). The van der Waals surface area contributed by atoms with Gasteiger partial charge in [0, 0.05) is 11.8 Å². The molecule has 0 atom stereocenters. The summed E-state index contributed by atoms with van der Waals surface area (Å²) in [5.41, 5.74) is 1.14. The molecule has 0 unspecified atom stereocenters. The predicted molar refractivity (Wildman–Crippen MR) is 80.5 cm³/mol. The van der Waals surface area contributed by atoms with Crippen molar-refractivity contribution in [2.24, 2.45) is 5.41 Å². The molecular weight excluding hydrogens is 252 g/mol. The van der Waals surface area contributed by atoms with Crippen LogP contribution in [0.3, 0.4) is 0 Å². The van der Waals surface area contributed by atoms with Crippen molar-refractivity contribution in [2.45, 2.75) is 39.7 Å². The minimum atomic E-state index is -0.733. The van der Waals surface area contributed by atoms with Gasteiger partial charge in [0.25, 0.3) is 0 Å². The topological polar surface area (TPSA) is 46.5 Å². The lowest BCUT2D eigenvalue weighted by Crippen LogP contribution is -2.16. The Bertz CT molecular complexity index is 421. The molecule has 1 rings (SSSR count). The smallest absolute Gasteiger partial charge is 0.303 e. The summed E-state index contributed by atoms with van der Waals surface area (Å²) >= 11 is 0. The highest BCUT2D eigenvalue weighted by Crippen LogP contribution is 2.19. The van der Waals surface area contributed by atoms with Crippen LogP contribution in [-0.2, 0) is 16.1 Å². The lowest BCUT2D eigenvalue weighted by molar-refractivity contribution is -0.137. The molecule has 0 saturated heterocycles. The van der Waals surface area contributed by atoms with Crippen LogP contribution in [-0.4, -0.2) is 17.7 Å². The number of carbonyl (C=O) groups is 1. The third-order valence-corrected chi connectivity index (χ3v) is 2.92. The third-order valence-electron chi connectivity index (χ3n) is 2.92. The number of allylic oxidation sites excluding steroid dienone is 1. The minimum Gasteiger partial charge on any atom is -0.481 e. The van der Waals surface area contributed by atoms with Gasteiger partial charge in [-0.2, -0.15) is 0 Å². The Kier molecular flexibility index (Phi) is 7.02. The maximum Gasteiger partial charge on any atom is 0.303 e. The summed E-state index contributed by atoms with van der Waals surface area (Å²) in [5, 5.41) is 8.55. The first kappa shape index (κ1) is 16.4. The molecule has 0 aliphatic heterocycles. The van der Waals surface area contributed by atoms with Gasteiger partial charge in [0.2, 0.25) is 0 Å². The van der Waals surface area contributed by atoms with E-state index >= 15 is 0 Å². The highest BCUT2D eigenvalue weighted by molar-refractivity contribution is 5.66. The van der Waals surface area contributed by atoms with Gasteiger partial charge in [-0.25, -0.2) is 0 Å². The molecule has 0 aliphatic rings. The van der Waals surface area contributed by atoms with Crippen molar-refractivity contribution < 1.29 is 14.6 Å². The average Bonchev–Trinajstić information content (AvgIpc) is 2.39. The molecule has 110 valence electrons. The van der Waals surface area contributed by atoms with Crippen molar-refractivity contribution in [3.05, 3.63) is 48.0 Å². The number of carboxylic acid groups (broad SMARTS) is 1. The molecule has 0 spiro atoms. The number of hydrogen-bond donors (Lipinski definition) is 1. The third kappa shape index (κ3) is 7.74. The van der Waals surface area contributed by atoms with E-state index in [-0.39, 0.29) is 11.8 Å². The van der Waals surface area contributed by atoms with Crippen molar-refractivity contribution in [3.63, 3.8) is 0 Å². The molecule has 0 heterocycles. The normalized spacial score (nSPS) is 11.9. The summed E-state index contributed by atoms with van der Waals surface area (Å²) in [6.45, 7) is 5.51. The second kappa shape index (κ2) is 8.54. The molecule has 0 aromatic heterocycles. The van der Waals surface area contributed by atoms with Crippen LogP contribution in [0.2, 0.25) is 0 Å². The van der Waals surface area contributed by atoms with Crippen LogP contribution in [0.1, 0.15) is 38.7 Å². The Balaban J connectivity index is 2.23. The molecule has 3 heteroatoms. The second-order valence-electron chi connectivity index (χ2n) is 5.66. The van der Waals surface area contributed by atoms with E-state index in [1.165, 1.54) is 5.56 Å². The molecule has 20 heavy (non-hydrogen) atoms. The average molecular weight is 276 g/mol. The molecule has 0 bridgehead atoms. The van der Waals surface area contributed by atoms with Gasteiger partial charge in [-0.05, 0) is 18.4 Å². The molecule has 1 aromatic rings. The number of hydrogen-bond acceptors (Lipinski definition) is 2. The number of rotatable bonds is 9. The quantitative estimate of drug-likeness (QED) is 0.547. The van der Waals surface area contributed by atoms with E-state index in [4.69, 9.17) is 9.84 Å². The highest BCUT2D eigenvalue weighted by atomic mass is 16.5. The van der Waals surface area contributed by atoms with E-state index in [0.29, 0.717) is 19.6 Å². The number of ether oxygens (including phenoxy) is 1. The van der Waals surface area contributed by atoms with Crippen molar-refractivity contribution in [3.8, 4) is 0 Å². The fourth-order valence-electron chi connectivity index (χ4n) is 1.83. The summed E-state index contributed by atoms with van der Waals surface area (Å²) in [4.78, 5) is 10.4. The SMILES string of the molecule is CC(C)(C=CCCCC(=O)O)COCc1ccccc1. The summed E-state index contributed by atoms with van der Waals surface area (Å²) in [5.74, 6) is -0.733. The minimum absolute atomic E-state index is 0.0298. The van der Waals surface area contributed by atoms with Crippen LogP contribution in [0.15, 0.2) is 42.5 Å². The first-order chi connectivity index (χ1) is 9.49. The van der Waals surface area contributed by atoms with E-state index in [9.17, 15) is 4.79 Å². The van der Waals surface area contributed by atoms with Gasteiger partial charge in [-0.3, -0.25) is 4.79 Å². The molecule has 0 fully saturated rings. The van der Waals surface area contributed by atoms with Crippen LogP contribution in [0.5, 0.6) is 0 Å². The highest BCUT2D eigenvalue weighted by Gasteiger charge is 2.13. The lowest BCUT2D eigenvalue weighted by atomic mass is 9.93. The Morgan fingerprint density at radius 2 is 2.00 bits per heavy atom. The zero-order valence-corrected chi connectivity index (χ0v) is 12.3. The monoisotopic (exact) mass is 276 g/mol. The maximum absolute atomic E-state index is 10.4. The summed E-state index contributed by atoms with van der Waals surface area (Å²) < 4.78 is 5.73. The number of unbranched alkanes of at least 4 members (excludes halogenated alkanes) is 1. The van der Waals surface area contributed by atoms with Crippen molar-refractivity contribution in [1.29, 1.82) is 0 Å². The largest absolute Gasteiger partial charge is 0.481 e. The van der Waals surface area contributed by atoms with Gasteiger partial charge in [0.05, 0.1) is 13.2 Å². The van der Waals surface area contributed by atoms with E-state index in [1.54, 1.807) is 0 Å². The van der Waals surface area contributed by atoms with Crippen molar-refractivity contribution >= 4 is 5.97 Å². The van der Waals surface area contributed by atoms with Crippen LogP contribution < -0.4 is 0 Å². The zero-order chi connectivity index (χ0) is 14.8. The molecular formula is C17H24O3. The Labute approximate surface area is 121 Å². The predicted octanol–water partition coefficient (Wildman–Crippen LogP) is 4.04. The number of carboxylic acids is 1. The summed E-state index contributed by atoms with van der Waals surface area (Å²) in [7, 11) is 0. The van der Waals surface area contributed by atoms with Crippen molar-refractivity contribution in [2.75, 3.05) is 6.61 Å². The Hall–Kier alpha value is -1.61. The van der Waals surface area contributed by atoms with Crippen LogP contribution in [0, 0.1) is 5.41 Å². The summed E-state index contributed by atoms with van der Waals surface area (Å²) in [6.07, 6.45) is 5.88. The van der Waals surface area contributed by atoms with Gasteiger partial charge in [0.1, 0.15) is 0 Å². The maximum atomic E-state index is 10.4. The summed E-state index contributed by atoms with van der Waals surface area (Å²) in [6, 6.07) is 10.1. The molecule has 0 aliphatic carbocycles. The first-order valence-electron chi connectivity index (χ1n) is 7.01. The van der Waals surface area contributed by atoms with Gasteiger partial charge in [-0.1, -0.05) is 56.3 Å². The Morgan fingerprint density at radius 1 is 1.30 bits per heavy atom. The van der Waals surface area contributed by atoms with E-state index in [0.717, 1.165) is 6.42 Å². The first-order valence-corrected chi connectivity index (χ1v) is 7.01. The zero-order valence-electron chi connectivity index (χ0n) is 12.3. The van der Waals surface area contributed by atoms with Gasteiger partial charge < -0.3 is 9.84 Å².